The average Bonchev–Trinajstić information content (AvgIpc) is 3.27. The summed E-state index contributed by atoms with van der Waals surface area (Å²) in [5.74, 6) is 1.98. The molecule has 1 amide bonds. The van der Waals surface area contributed by atoms with E-state index in [9.17, 15) is 4.79 Å². The molecule has 4 rings (SSSR count). The van der Waals surface area contributed by atoms with E-state index in [0.29, 0.717) is 30.2 Å². The van der Waals surface area contributed by atoms with Crippen LogP contribution in [0.15, 0.2) is 24.4 Å². The number of nitrogens with one attached hydrogen (secondary N) is 1. The Kier molecular flexibility index (Phi) is 4.94. The van der Waals surface area contributed by atoms with Crippen molar-refractivity contribution in [3.63, 3.8) is 0 Å². The van der Waals surface area contributed by atoms with E-state index in [2.05, 4.69) is 10.3 Å². The van der Waals surface area contributed by atoms with E-state index in [4.69, 9.17) is 14.5 Å². The van der Waals surface area contributed by atoms with Crippen LogP contribution in [0.1, 0.15) is 46.3 Å². The lowest BCUT2D eigenvalue weighted by atomic mass is 10.0. The van der Waals surface area contributed by atoms with E-state index >= 15 is 0 Å². The molecule has 27 heavy (non-hydrogen) atoms. The highest BCUT2D eigenvalue weighted by atomic mass is 16.5. The Balaban J connectivity index is 1.55. The molecule has 1 N–H and O–H groups in total. The predicted molar refractivity (Wildman–Crippen MR) is 100 cm³/mol. The number of carbonyl (C=O) groups is 1. The molecule has 1 aromatic heterocycles. The zero-order chi connectivity index (χ0) is 18.8. The molecule has 0 unspecified atom stereocenters. The van der Waals surface area contributed by atoms with Crippen LogP contribution in [-0.4, -0.2) is 48.1 Å². The highest BCUT2D eigenvalue weighted by molar-refractivity contribution is 5.97. The maximum atomic E-state index is 13.1. The molecular formula is C20H24N4O3. The molecule has 0 saturated carbocycles. The van der Waals surface area contributed by atoms with Crippen LogP contribution >= 0.6 is 0 Å². The topological polar surface area (TPSA) is 76.6 Å². The molecule has 2 aromatic rings. The number of rotatable bonds is 4. The van der Waals surface area contributed by atoms with Crippen molar-refractivity contribution in [1.29, 1.82) is 0 Å². The molecule has 2 aliphatic heterocycles. The number of amides is 1. The quantitative estimate of drug-likeness (QED) is 0.891. The van der Waals surface area contributed by atoms with E-state index in [1.807, 2.05) is 11.1 Å². The third-order valence-corrected chi connectivity index (χ3v) is 5.25. The van der Waals surface area contributed by atoms with Crippen LogP contribution in [0.2, 0.25) is 0 Å². The molecule has 2 aliphatic rings. The minimum Gasteiger partial charge on any atom is -0.497 e. The normalized spacial score (nSPS) is 18.9. The number of aromatic nitrogens is 2. The van der Waals surface area contributed by atoms with E-state index < -0.39 is 0 Å². The van der Waals surface area contributed by atoms with Gasteiger partial charge in [0.2, 0.25) is 0 Å². The number of hydrogen-bond acceptors (Lipinski definition) is 6. The highest BCUT2D eigenvalue weighted by Gasteiger charge is 2.27. The van der Waals surface area contributed by atoms with Gasteiger partial charge in [-0.2, -0.15) is 0 Å². The average molecular weight is 368 g/mol. The van der Waals surface area contributed by atoms with E-state index in [1.165, 1.54) is 0 Å². The smallest absolute Gasteiger partial charge is 0.258 e. The second-order valence-corrected chi connectivity index (χ2v) is 6.89. The second-order valence-electron chi connectivity index (χ2n) is 6.89. The minimum atomic E-state index is -0.0714. The van der Waals surface area contributed by atoms with Gasteiger partial charge in [-0.3, -0.25) is 4.79 Å². The fraction of sp³-hybridized carbons (Fsp3) is 0.450. The van der Waals surface area contributed by atoms with Crippen molar-refractivity contribution in [3.8, 4) is 11.5 Å². The second kappa shape index (κ2) is 7.52. The molecule has 0 bridgehead atoms. The number of carbonyl (C=O) groups excluding carboxylic acids is 1. The summed E-state index contributed by atoms with van der Waals surface area (Å²) in [7, 11) is 3.15. The summed E-state index contributed by atoms with van der Waals surface area (Å²) in [6, 6.07) is 5.53. The van der Waals surface area contributed by atoms with E-state index in [0.717, 1.165) is 42.9 Å². The Labute approximate surface area is 158 Å². The van der Waals surface area contributed by atoms with E-state index in [1.54, 1.807) is 32.4 Å². The Morgan fingerprint density at radius 1 is 1.30 bits per heavy atom. The van der Waals surface area contributed by atoms with Crippen LogP contribution in [-0.2, 0) is 13.0 Å². The van der Waals surface area contributed by atoms with Gasteiger partial charge in [0.1, 0.15) is 17.3 Å². The standard InChI is InChI=1S/C20H24N4O3/c1-26-14-5-6-18(27-2)15(10-14)20(25)24-9-7-16-13(12-24)11-22-19(23-16)17-4-3-8-21-17/h5-6,10-11,17,21H,3-4,7-9,12H2,1-2H3/t17-/m0/s1. The fourth-order valence-corrected chi connectivity index (χ4v) is 3.73. The summed E-state index contributed by atoms with van der Waals surface area (Å²) < 4.78 is 10.6. The molecule has 1 aromatic carbocycles. The lowest BCUT2D eigenvalue weighted by Gasteiger charge is -2.29. The maximum Gasteiger partial charge on any atom is 0.258 e. The van der Waals surface area contributed by atoms with Gasteiger partial charge in [-0.15, -0.1) is 0 Å². The molecule has 1 atom stereocenters. The third kappa shape index (κ3) is 3.47. The van der Waals surface area contributed by atoms with Crippen LogP contribution in [0.4, 0.5) is 0 Å². The van der Waals surface area contributed by atoms with Crippen LogP contribution in [0.3, 0.4) is 0 Å². The molecule has 7 nitrogen and oxygen atoms in total. The predicted octanol–water partition coefficient (Wildman–Crippen LogP) is 2.12. The van der Waals surface area contributed by atoms with Gasteiger partial charge >= 0.3 is 0 Å². The van der Waals surface area contributed by atoms with Crippen molar-refractivity contribution >= 4 is 5.91 Å². The zero-order valence-electron chi connectivity index (χ0n) is 15.7. The number of methoxy groups -OCH3 is 2. The van der Waals surface area contributed by atoms with Gasteiger partial charge in [0.15, 0.2) is 0 Å². The van der Waals surface area contributed by atoms with Gasteiger partial charge in [0.25, 0.3) is 5.91 Å². The summed E-state index contributed by atoms with van der Waals surface area (Å²) in [6.07, 6.45) is 4.85. The number of hydrogen-bond donors (Lipinski definition) is 1. The van der Waals surface area contributed by atoms with Crippen molar-refractivity contribution in [2.45, 2.75) is 31.8 Å². The zero-order valence-corrected chi connectivity index (χ0v) is 15.7. The summed E-state index contributed by atoms with van der Waals surface area (Å²) in [5, 5.41) is 3.44. The van der Waals surface area contributed by atoms with Gasteiger partial charge in [-0.1, -0.05) is 0 Å². The Bertz CT molecular complexity index is 849. The first kappa shape index (κ1) is 17.7. The lowest BCUT2D eigenvalue weighted by molar-refractivity contribution is 0.0729. The van der Waals surface area contributed by atoms with Crippen LogP contribution in [0.5, 0.6) is 11.5 Å². The van der Waals surface area contributed by atoms with E-state index in [-0.39, 0.29) is 11.9 Å². The molecule has 0 radical (unpaired) electrons. The van der Waals surface area contributed by atoms with Crippen molar-refractivity contribution < 1.29 is 14.3 Å². The number of nitrogens with zero attached hydrogens (tertiary/aromatic N) is 3. The van der Waals surface area contributed by atoms with Gasteiger partial charge < -0.3 is 19.7 Å². The van der Waals surface area contributed by atoms with Crippen molar-refractivity contribution in [2.75, 3.05) is 27.3 Å². The van der Waals surface area contributed by atoms with Crippen molar-refractivity contribution in [1.82, 2.24) is 20.2 Å². The molecule has 1 fully saturated rings. The molecular weight excluding hydrogens is 344 g/mol. The van der Waals surface area contributed by atoms with Crippen molar-refractivity contribution in [3.05, 3.63) is 47.0 Å². The Hall–Kier alpha value is -2.67. The molecule has 3 heterocycles. The molecule has 0 aliphatic carbocycles. The molecule has 0 spiro atoms. The molecule has 142 valence electrons. The number of ether oxygens (including phenoxy) is 2. The summed E-state index contributed by atoms with van der Waals surface area (Å²) in [6.45, 7) is 2.16. The summed E-state index contributed by atoms with van der Waals surface area (Å²) >= 11 is 0. The van der Waals surface area contributed by atoms with Gasteiger partial charge in [-0.25, -0.2) is 9.97 Å². The maximum absolute atomic E-state index is 13.1. The SMILES string of the molecule is COc1ccc(OC)c(C(=O)N2CCc3nc([C@@H]4CCCN4)ncc3C2)c1. The van der Waals surface area contributed by atoms with Crippen LogP contribution in [0, 0.1) is 0 Å². The van der Waals surface area contributed by atoms with Gasteiger partial charge in [-0.05, 0) is 37.6 Å². The monoisotopic (exact) mass is 368 g/mol. The lowest BCUT2D eigenvalue weighted by Crippen LogP contribution is -2.37. The van der Waals surface area contributed by atoms with Crippen LogP contribution in [0.25, 0.3) is 0 Å². The Morgan fingerprint density at radius 3 is 2.93 bits per heavy atom. The molecule has 7 heteroatoms. The third-order valence-electron chi connectivity index (χ3n) is 5.25. The van der Waals surface area contributed by atoms with Gasteiger partial charge in [0.05, 0.1) is 31.5 Å². The summed E-state index contributed by atoms with van der Waals surface area (Å²) in [5.41, 5.74) is 2.57. The van der Waals surface area contributed by atoms with Crippen molar-refractivity contribution in [2.24, 2.45) is 0 Å². The Morgan fingerprint density at radius 2 is 2.19 bits per heavy atom. The summed E-state index contributed by atoms with van der Waals surface area (Å²) in [4.78, 5) is 24.2. The first-order valence-electron chi connectivity index (χ1n) is 9.29. The fourth-order valence-electron chi connectivity index (χ4n) is 3.73. The molecule has 1 saturated heterocycles. The first-order chi connectivity index (χ1) is 13.2. The van der Waals surface area contributed by atoms with Gasteiger partial charge in [0, 0.05) is 31.3 Å². The minimum absolute atomic E-state index is 0.0714. The largest absolute Gasteiger partial charge is 0.497 e. The van der Waals surface area contributed by atoms with Crippen LogP contribution < -0.4 is 14.8 Å². The number of benzene rings is 1. The first-order valence-corrected chi connectivity index (χ1v) is 9.29. The number of fused-ring (bicyclic) bond motifs is 1. The highest BCUT2D eigenvalue weighted by Crippen LogP contribution is 2.28.